The van der Waals surface area contributed by atoms with Crippen LogP contribution in [0.5, 0.6) is 0 Å². The van der Waals surface area contributed by atoms with E-state index >= 15 is 0 Å². The normalized spacial score (nSPS) is 11.8. The summed E-state index contributed by atoms with van der Waals surface area (Å²) in [5.41, 5.74) is -0.327. The van der Waals surface area contributed by atoms with Crippen LogP contribution in [0.1, 0.15) is 10.4 Å². The van der Waals surface area contributed by atoms with Crippen LogP contribution in [0.2, 0.25) is 0 Å². The van der Waals surface area contributed by atoms with Gasteiger partial charge in [-0.15, -0.1) is 0 Å². The van der Waals surface area contributed by atoms with Gasteiger partial charge in [0.1, 0.15) is 18.1 Å². The van der Waals surface area contributed by atoms with Gasteiger partial charge < -0.3 is 9.47 Å². The van der Waals surface area contributed by atoms with Crippen molar-refractivity contribution in [1.82, 2.24) is 4.72 Å². The van der Waals surface area contributed by atoms with E-state index in [1.807, 2.05) is 0 Å². The number of hydrogen-bond donors (Lipinski definition) is 1. The minimum atomic E-state index is -4.64. The molecule has 128 valence electrons. The smallest absolute Gasteiger partial charge is 0.411 e. The second kappa shape index (κ2) is 7.42. The maximum Gasteiger partial charge on any atom is 0.411 e. The van der Waals surface area contributed by atoms with Crippen LogP contribution in [0.15, 0.2) is 29.2 Å². The van der Waals surface area contributed by atoms with Gasteiger partial charge in [-0.3, -0.25) is 4.79 Å². The Morgan fingerprint density at radius 2 is 1.83 bits per heavy atom. The van der Waals surface area contributed by atoms with E-state index < -0.39 is 46.2 Å². The average molecular weight is 355 g/mol. The number of halogens is 3. The van der Waals surface area contributed by atoms with E-state index in [2.05, 4.69) is 9.47 Å². The molecule has 1 rings (SSSR count). The number of carbonyl (C=O) groups excluding carboxylic acids is 2. The lowest BCUT2D eigenvalue weighted by molar-refractivity contribution is -0.175. The van der Waals surface area contributed by atoms with Gasteiger partial charge in [0, 0.05) is 0 Å². The fraction of sp³-hybridized carbons (Fsp3) is 0.333. The van der Waals surface area contributed by atoms with E-state index in [1.54, 1.807) is 0 Å². The number of benzene rings is 1. The molecule has 0 atom stereocenters. The first-order chi connectivity index (χ1) is 10.6. The average Bonchev–Trinajstić information content (AvgIpc) is 2.44. The number of alkyl halides is 3. The van der Waals surface area contributed by atoms with Gasteiger partial charge in [-0.25, -0.2) is 17.9 Å². The van der Waals surface area contributed by atoms with Crippen molar-refractivity contribution in [3.63, 3.8) is 0 Å². The summed E-state index contributed by atoms with van der Waals surface area (Å²) >= 11 is 0. The molecule has 0 heterocycles. The molecular formula is C12H12F3NO6S. The van der Waals surface area contributed by atoms with Gasteiger partial charge in [0.2, 0.25) is 0 Å². The van der Waals surface area contributed by atoms with E-state index in [0.29, 0.717) is 0 Å². The Bertz CT molecular complexity index is 686. The first-order valence-corrected chi connectivity index (χ1v) is 7.42. The van der Waals surface area contributed by atoms with Crippen LogP contribution in [-0.4, -0.2) is 46.8 Å². The third kappa shape index (κ3) is 5.87. The number of sulfonamides is 1. The van der Waals surface area contributed by atoms with E-state index in [4.69, 9.17) is 0 Å². The van der Waals surface area contributed by atoms with Crippen LogP contribution >= 0.6 is 0 Å². The number of carbonyl (C=O) groups is 2. The standard InChI is InChI=1S/C12H12F3NO6S/c1-21-11(18)8-4-2-3-5-9(8)23(19,20)16-10(17)6-22-7-12(13,14)15/h2-5H,6-7H2,1H3,(H,16,17). The molecule has 0 radical (unpaired) electrons. The minimum absolute atomic E-state index is 0.327. The molecule has 0 aliphatic carbocycles. The summed E-state index contributed by atoms with van der Waals surface area (Å²) in [5, 5.41) is 0. The number of esters is 1. The first kappa shape index (κ1) is 18.9. The van der Waals surface area contributed by atoms with Crippen molar-refractivity contribution in [2.75, 3.05) is 20.3 Å². The van der Waals surface area contributed by atoms with Gasteiger partial charge >= 0.3 is 12.1 Å². The maximum atomic E-state index is 12.0. The number of amides is 1. The molecule has 1 aromatic rings. The fourth-order valence-electron chi connectivity index (χ4n) is 1.47. The summed E-state index contributed by atoms with van der Waals surface area (Å²) in [6.45, 7) is -2.81. The van der Waals surface area contributed by atoms with Gasteiger partial charge in [0.25, 0.3) is 15.9 Å². The minimum Gasteiger partial charge on any atom is -0.465 e. The highest BCUT2D eigenvalue weighted by molar-refractivity contribution is 7.90. The van der Waals surface area contributed by atoms with Gasteiger partial charge in [-0.2, -0.15) is 13.2 Å². The number of methoxy groups -OCH3 is 1. The Morgan fingerprint density at radius 3 is 2.39 bits per heavy atom. The third-order valence-corrected chi connectivity index (χ3v) is 3.76. The molecule has 0 aromatic heterocycles. The highest BCUT2D eigenvalue weighted by Crippen LogP contribution is 2.16. The van der Waals surface area contributed by atoms with Gasteiger partial charge in [0.05, 0.1) is 12.7 Å². The lowest BCUT2D eigenvalue weighted by Gasteiger charge is -2.11. The molecule has 7 nitrogen and oxygen atoms in total. The maximum absolute atomic E-state index is 12.0. The summed E-state index contributed by atoms with van der Waals surface area (Å²) in [7, 11) is -3.44. The molecule has 0 fully saturated rings. The second-order valence-corrected chi connectivity index (χ2v) is 5.78. The van der Waals surface area contributed by atoms with E-state index in [0.717, 1.165) is 19.2 Å². The van der Waals surface area contributed by atoms with Crippen LogP contribution in [0, 0.1) is 0 Å². The van der Waals surface area contributed by atoms with Crippen LogP contribution in [0.4, 0.5) is 13.2 Å². The highest BCUT2D eigenvalue weighted by Gasteiger charge is 2.29. The predicted molar refractivity (Wildman–Crippen MR) is 70.0 cm³/mol. The molecule has 1 amide bonds. The van der Waals surface area contributed by atoms with Gasteiger partial charge in [0.15, 0.2) is 0 Å². The number of hydrogen-bond acceptors (Lipinski definition) is 6. The quantitative estimate of drug-likeness (QED) is 0.760. The van der Waals surface area contributed by atoms with Crippen molar-refractivity contribution in [2.45, 2.75) is 11.1 Å². The molecule has 0 saturated carbocycles. The molecule has 0 saturated heterocycles. The molecule has 0 unspecified atom stereocenters. The molecule has 0 aliphatic heterocycles. The zero-order valence-electron chi connectivity index (χ0n) is 11.7. The summed E-state index contributed by atoms with van der Waals surface area (Å²) < 4.78 is 69.6. The number of rotatable bonds is 6. The Balaban J connectivity index is 2.84. The van der Waals surface area contributed by atoms with Crippen molar-refractivity contribution in [3.8, 4) is 0 Å². The Morgan fingerprint density at radius 1 is 1.22 bits per heavy atom. The molecule has 0 aliphatic rings. The fourth-order valence-corrected chi connectivity index (χ4v) is 2.64. The number of ether oxygens (including phenoxy) is 2. The Kier molecular flexibility index (Phi) is 6.10. The van der Waals surface area contributed by atoms with Crippen LogP contribution in [0.3, 0.4) is 0 Å². The topological polar surface area (TPSA) is 98.8 Å². The van der Waals surface area contributed by atoms with Crippen molar-refractivity contribution >= 4 is 21.9 Å². The van der Waals surface area contributed by atoms with Crippen molar-refractivity contribution in [2.24, 2.45) is 0 Å². The molecule has 0 spiro atoms. The zero-order valence-corrected chi connectivity index (χ0v) is 12.5. The van der Waals surface area contributed by atoms with E-state index in [9.17, 15) is 31.2 Å². The Hall–Kier alpha value is -2.14. The molecule has 23 heavy (non-hydrogen) atoms. The molecular weight excluding hydrogens is 343 g/mol. The van der Waals surface area contributed by atoms with Crippen LogP contribution in [-0.2, 0) is 24.3 Å². The summed E-state index contributed by atoms with van der Waals surface area (Å²) in [5.74, 6) is -2.26. The van der Waals surface area contributed by atoms with Crippen LogP contribution in [0.25, 0.3) is 0 Å². The summed E-state index contributed by atoms with van der Waals surface area (Å²) in [6, 6.07) is 4.87. The zero-order chi connectivity index (χ0) is 17.7. The lowest BCUT2D eigenvalue weighted by atomic mass is 10.2. The Labute approximate surface area is 129 Å². The van der Waals surface area contributed by atoms with Crippen molar-refractivity contribution in [3.05, 3.63) is 29.8 Å². The predicted octanol–water partition coefficient (Wildman–Crippen LogP) is 0.857. The van der Waals surface area contributed by atoms with Crippen molar-refractivity contribution in [1.29, 1.82) is 0 Å². The van der Waals surface area contributed by atoms with Crippen molar-refractivity contribution < 1.29 is 40.7 Å². The van der Waals surface area contributed by atoms with Gasteiger partial charge in [-0.05, 0) is 12.1 Å². The summed E-state index contributed by atoms with van der Waals surface area (Å²) in [6.07, 6.45) is -4.64. The number of nitrogens with one attached hydrogen (secondary N) is 1. The highest BCUT2D eigenvalue weighted by atomic mass is 32.2. The summed E-state index contributed by atoms with van der Waals surface area (Å²) in [4.78, 5) is 22.3. The molecule has 1 N–H and O–H groups in total. The second-order valence-electron chi connectivity index (χ2n) is 4.12. The van der Waals surface area contributed by atoms with Gasteiger partial charge in [-0.1, -0.05) is 12.1 Å². The third-order valence-electron chi connectivity index (χ3n) is 2.33. The largest absolute Gasteiger partial charge is 0.465 e. The molecule has 11 heteroatoms. The van der Waals surface area contributed by atoms with E-state index in [-0.39, 0.29) is 5.56 Å². The van der Waals surface area contributed by atoms with Crippen LogP contribution < -0.4 is 4.72 Å². The SMILES string of the molecule is COC(=O)c1ccccc1S(=O)(=O)NC(=O)COCC(F)(F)F. The lowest BCUT2D eigenvalue weighted by Crippen LogP contribution is -2.35. The first-order valence-electron chi connectivity index (χ1n) is 5.94. The monoisotopic (exact) mass is 355 g/mol. The van der Waals surface area contributed by atoms with E-state index in [1.165, 1.54) is 16.9 Å². The molecule has 1 aromatic carbocycles. The molecule has 0 bridgehead atoms.